The molecular weight excluding hydrogens is 366 g/mol. The zero-order valence-electron chi connectivity index (χ0n) is 10.3. The van der Waals surface area contributed by atoms with Gasteiger partial charge in [0.05, 0.1) is 11.1 Å². The van der Waals surface area contributed by atoms with Crippen LogP contribution in [0.15, 0.2) is 40.9 Å². The molecule has 0 amide bonds. The smallest absolute Gasteiger partial charge is 0.142 e. The van der Waals surface area contributed by atoms with E-state index in [1.165, 1.54) is 12.1 Å². The summed E-state index contributed by atoms with van der Waals surface area (Å²) in [4.78, 5) is 0. The first-order valence-corrected chi connectivity index (χ1v) is 7.41. The van der Waals surface area contributed by atoms with E-state index in [1.54, 1.807) is 12.1 Å². The van der Waals surface area contributed by atoms with Crippen molar-refractivity contribution < 1.29 is 4.39 Å². The van der Waals surface area contributed by atoms with Crippen molar-refractivity contribution in [3.8, 4) is 0 Å². The van der Waals surface area contributed by atoms with Crippen molar-refractivity contribution in [1.29, 1.82) is 0 Å². The molecule has 2 rings (SSSR count). The maximum atomic E-state index is 13.5. The number of nitrogens with two attached hydrogens (primary N) is 1. The van der Waals surface area contributed by atoms with Gasteiger partial charge in [0.25, 0.3) is 0 Å². The minimum absolute atomic E-state index is 0.103. The molecule has 2 nitrogen and oxygen atoms in total. The maximum Gasteiger partial charge on any atom is 0.142 e. The fraction of sp³-hybridized carbons (Fsp3) is 0.143. The van der Waals surface area contributed by atoms with Crippen LogP contribution in [0.4, 0.5) is 4.39 Å². The zero-order chi connectivity index (χ0) is 14.7. The Kier molecular flexibility index (Phi) is 5.41. The van der Waals surface area contributed by atoms with Crippen molar-refractivity contribution in [3.63, 3.8) is 0 Å². The third-order valence-corrected chi connectivity index (χ3v) is 4.10. The third-order valence-electron chi connectivity index (χ3n) is 2.96. The van der Waals surface area contributed by atoms with Crippen molar-refractivity contribution in [2.75, 3.05) is 0 Å². The predicted molar refractivity (Wildman–Crippen MR) is 84.3 cm³/mol. The van der Waals surface area contributed by atoms with E-state index >= 15 is 0 Å². The molecule has 2 aromatic carbocycles. The molecule has 0 saturated heterocycles. The Morgan fingerprint density at radius 1 is 1.15 bits per heavy atom. The highest BCUT2D eigenvalue weighted by molar-refractivity contribution is 9.10. The molecule has 0 fully saturated rings. The van der Waals surface area contributed by atoms with Crippen molar-refractivity contribution in [3.05, 3.63) is 67.9 Å². The monoisotopic (exact) mass is 376 g/mol. The Morgan fingerprint density at radius 3 is 2.50 bits per heavy atom. The Labute approximate surface area is 135 Å². The van der Waals surface area contributed by atoms with Gasteiger partial charge in [-0.25, -0.2) is 4.39 Å². The molecule has 0 aliphatic heterocycles. The second-order valence-corrected chi connectivity index (χ2v) is 6.07. The van der Waals surface area contributed by atoms with E-state index in [-0.39, 0.29) is 11.1 Å². The molecule has 20 heavy (non-hydrogen) atoms. The maximum absolute atomic E-state index is 13.5. The lowest BCUT2D eigenvalue weighted by Gasteiger charge is -2.18. The standard InChI is InChI=1S/C14H12BrCl2FN2/c15-9-2-4-11(16)10(7-9)14(20-19)6-8-1-3-12(17)13(18)5-8/h1-5,7,14,20H,6,19H2. The first-order chi connectivity index (χ1) is 9.51. The summed E-state index contributed by atoms with van der Waals surface area (Å²) in [7, 11) is 0. The van der Waals surface area contributed by atoms with Gasteiger partial charge in [-0.3, -0.25) is 11.3 Å². The summed E-state index contributed by atoms with van der Waals surface area (Å²) >= 11 is 15.2. The Hall–Kier alpha value is -0.650. The van der Waals surface area contributed by atoms with Gasteiger partial charge in [-0.15, -0.1) is 0 Å². The quantitative estimate of drug-likeness (QED) is 0.601. The topological polar surface area (TPSA) is 38.0 Å². The molecule has 0 saturated carbocycles. The van der Waals surface area contributed by atoms with Gasteiger partial charge in [-0.05, 0) is 47.9 Å². The SMILES string of the molecule is NNC(Cc1ccc(Cl)c(F)c1)c1cc(Br)ccc1Cl. The molecule has 0 aliphatic carbocycles. The molecule has 0 spiro atoms. The molecule has 106 valence electrons. The molecular formula is C14H12BrCl2FN2. The summed E-state index contributed by atoms with van der Waals surface area (Å²) in [6, 6.07) is 10.00. The first kappa shape index (κ1) is 15.7. The Morgan fingerprint density at radius 2 is 1.85 bits per heavy atom. The van der Waals surface area contributed by atoms with Crippen LogP contribution in [-0.2, 0) is 6.42 Å². The van der Waals surface area contributed by atoms with Crippen LogP contribution in [0.1, 0.15) is 17.2 Å². The fourth-order valence-electron chi connectivity index (χ4n) is 1.94. The van der Waals surface area contributed by atoms with E-state index in [0.717, 1.165) is 15.6 Å². The summed E-state index contributed by atoms with van der Waals surface area (Å²) < 4.78 is 14.4. The van der Waals surface area contributed by atoms with E-state index in [2.05, 4.69) is 21.4 Å². The number of benzene rings is 2. The summed E-state index contributed by atoms with van der Waals surface area (Å²) in [5.41, 5.74) is 4.34. The van der Waals surface area contributed by atoms with Crippen LogP contribution < -0.4 is 11.3 Å². The summed E-state index contributed by atoms with van der Waals surface area (Å²) in [6.45, 7) is 0. The summed E-state index contributed by atoms with van der Waals surface area (Å²) in [5, 5.41) is 0.706. The minimum atomic E-state index is -0.444. The van der Waals surface area contributed by atoms with Gasteiger partial charge in [-0.2, -0.15) is 0 Å². The van der Waals surface area contributed by atoms with Gasteiger partial charge >= 0.3 is 0 Å². The van der Waals surface area contributed by atoms with E-state index < -0.39 is 5.82 Å². The molecule has 0 aromatic heterocycles. The van der Waals surface area contributed by atoms with Gasteiger partial charge in [0.2, 0.25) is 0 Å². The second-order valence-electron chi connectivity index (χ2n) is 4.34. The van der Waals surface area contributed by atoms with Crippen molar-refractivity contribution in [2.45, 2.75) is 12.5 Å². The van der Waals surface area contributed by atoms with Crippen LogP contribution in [0.3, 0.4) is 0 Å². The molecule has 0 radical (unpaired) electrons. The summed E-state index contributed by atoms with van der Waals surface area (Å²) in [5.74, 6) is 5.15. The minimum Gasteiger partial charge on any atom is -0.271 e. The number of hydrazine groups is 1. The highest BCUT2D eigenvalue weighted by atomic mass is 79.9. The van der Waals surface area contributed by atoms with Gasteiger partial charge in [0.15, 0.2) is 0 Å². The van der Waals surface area contributed by atoms with E-state index in [1.807, 2.05) is 12.1 Å². The van der Waals surface area contributed by atoms with Crippen LogP contribution >= 0.6 is 39.1 Å². The molecule has 2 aromatic rings. The predicted octanol–water partition coefficient (Wildman–Crippen LogP) is 4.64. The van der Waals surface area contributed by atoms with Gasteiger partial charge in [0.1, 0.15) is 5.82 Å². The molecule has 6 heteroatoms. The van der Waals surface area contributed by atoms with Crippen LogP contribution in [0.25, 0.3) is 0 Å². The lowest BCUT2D eigenvalue weighted by atomic mass is 9.99. The van der Waals surface area contributed by atoms with E-state index in [0.29, 0.717) is 11.4 Å². The largest absolute Gasteiger partial charge is 0.271 e. The lowest BCUT2D eigenvalue weighted by molar-refractivity contribution is 0.548. The third kappa shape index (κ3) is 3.71. The molecule has 3 N–H and O–H groups in total. The van der Waals surface area contributed by atoms with Gasteiger partial charge in [-0.1, -0.05) is 45.2 Å². The van der Waals surface area contributed by atoms with E-state index in [4.69, 9.17) is 29.0 Å². The van der Waals surface area contributed by atoms with Gasteiger partial charge in [0, 0.05) is 9.50 Å². The molecule has 0 bridgehead atoms. The highest BCUT2D eigenvalue weighted by Crippen LogP contribution is 2.29. The number of rotatable bonds is 4. The molecule has 1 atom stereocenters. The number of hydrogen-bond acceptors (Lipinski definition) is 2. The average molecular weight is 378 g/mol. The summed E-state index contributed by atoms with van der Waals surface area (Å²) in [6.07, 6.45) is 0.501. The van der Waals surface area contributed by atoms with Gasteiger partial charge < -0.3 is 0 Å². The Bertz CT molecular complexity index is 622. The van der Waals surface area contributed by atoms with Crippen molar-refractivity contribution >= 4 is 39.1 Å². The van der Waals surface area contributed by atoms with Crippen LogP contribution in [-0.4, -0.2) is 0 Å². The highest BCUT2D eigenvalue weighted by Gasteiger charge is 2.15. The first-order valence-electron chi connectivity index (χ1n) is 5.86. The van der Waals surface area contributed by atoms with Crippen molar-refractivity contribution in [1.82, 2.24) is 5.43 Å². The normalized spacial score (nSPS) is 12.4. The van der Waals surface area contributed by atoms with Crippen LogP contribution in [0.5, 0.6) is 0 Å². The number of halogens is 4. The van der Waals surface area contributed by atoms with Crippen molar-refractivity contribution in [2.24, 2.45) is 5.84 Å². The van der Waals surface area contributed by atoms with Crippen LogP contribution in [0, 0.1) is 5.82 Å². The van der Waals surface area contributed by atoms with Crippen LogP contribution in [0.2, 0.25) is 10.0 Å². The zero-order valence-corrected chi connectivity index (χ0v) is 13.4. The molecule has 0 aliphatic rings. The Balaban J connectivity index is 2.28. The van der Waals surface area contributed by atoms with E-state index in [9.17, 15) is 4.39 Å². The number of nitrogens with one attached hydrogen (secondary N) is 1. The lowest BCUT2D eigenvalue weighted by Crippen LogP contribution is -2.29. The fourth-order valence-corrected chi connectivity index (χ4v) is 2.69. The molecule has 0 heterocycles. The average Bonchev–Trinajstić information content (AvgIpc) is 2.43. The number of hydrogen-bond donors (Lipinski definition) is 2. The molecule has 1 unspecified atom stereocenters. The second kappa shape index (κ2) is 6.87.